The highest BCUT2D eigenvalue weighted by Crippen LogP contribution is 2.29. The molecule has 0 atom stereocenters. The lowest BCUT2D eigenvalue weighted by Gasteiger charge is -2.41. The zero-order valence-electron chi connectivity index (χ0n) is 12.4. The number of hydrogen-bond donors (Lipinski definition) is 0. The summed E-state index contributed by atoms with van der Waals surface area (Å²) in [5.74, 6) is 0.185. The molecule has 2 aliphatic rings. The van der Waals surface area contributed by atoms with Crippen LogP contribution in [-0.4, -0.2) is 61.1 Å². The Balaban J connectivity index is 1.73. The van der Waals surface area contributed by atoms with Gasteiger partial charge in [0, 0.05) is 32.2 Å². The van der Waals surface area contributed by atoms with Gasteiger partial charge in [0.05, 0.1) is 12.5 Å². The summed E-state index contributed by atoms with van der Waals surface area (Å²) in [6.45, 7) is 10.6. The summed E-state index contributed by atoms with van der Waals surface area (Å²) in [5, 5.41) is 0. The van der Waals surface area contributed by atoms with Crippen LogP contribution < -0.4 is 0 Å². The summed E-state index contributed by atoms with van der Waals surface area (Å²) in [6.07, 6.45) is 4.35. The first-order chi connectivity index (χ1) is 9.24. The predicted octanol–water partition coefficient (Wildman–Crippen LogP) is 1.75. The van der Waals surface area contributed by atoms with E-state index in [1.165, 1.54) is 32.7 Å². The standard InChI is InChI=1S/C15H28N2O2/c1-3-16-9-11-17(12-10-16)14-7-5-13(6-8-14)15(18)19-4-2/h13-14H,3-12H2,1-2H3. The molecule has 0 aromatic heterocycles. The molecule has 2 fully saturated rings. The second-order valence-electron chi connectivity index (χ2n) is 5.73. The Bertz CT molecular complexity index is 280. The summed E-state index contributed by atoms with van der Waals surface area (Å²) >= 11 is 0. The van der Waals surface area contributed by atoms with Gasteiger partial charge in [0.25, 0.3) is 0 Å². The van der Waals surface area contributed by atoms with Crippen molar-refractivity contribution in [2.45, 2.75) is 45.6 Å². The van der Waals surface area contributed by atoms with Crippen molar-refractivity contribution in [2.75, 3.05) is 39.3 Å². The fourth-order valence-electron chi connectivity index (χ4n) is 3.38. The summed E-state index contributed by atoms with van der Waals surface area (Å²) < 4.78 is 5.13. The molecule has 0 unspecified atom stereocenters. The monoisotopic (exact) mass is 268 g/mol. The van der Waals surface area contributed by atoms with Gasteiger partial charge in [-0.15, -0.1) is 0 Å². The zero-order valence-corrected chi connectivity index (χ0v) is 12.4. The number of likely N-dealkylation sites (N-methyl/N-ethyl adjacent to an activating group) is 1. The quantitative estimate of drug-likeness (QED) is 0.727. The molecule has 0 radical (unpaired) electrons. The lowest BCUT2D eigenvalue weighted by Crippen LogP contribution is -2.51. The molecule has 4 heteroatoms. The van der Waals surface area contributed by atoms with E-state index in [-0.39, 0.29) is 11.9 Å². The van der Waals surface area contributed by atoms with Crippen LogP contribution in [0.2, 0.25) is 0 Å². The fourth-order valence-corrected chi connectivity index (χ4v) is 3.38. The van der Waals surface area contributed by atoms with Crippen LogP contribution >= 0.6 is 0 Å². The fraction of sp³-hybridized carbons (Fsp3) is 0.933. The number of hydrogen-bond acceptors (Lipinski definition) is 4. The molecule has 1 aliphatic heterocycles. The van der Waals surface area contributed by atoms with Gasteiger partial charge in [-0.05, 0) is 39.2 Å². The van der Waals surface area contributed by atoms with Gasteiger partial charge in [-0.2, -0.15) is 0 Å². The maximum absolute atomic E-state index is 11.7. The molecular formula is C15H28N2O2. The minimum atomic E-state index is 0.0248. The van der Waals surface area contributed by atoms with Crippen molar-refractivity contribution in [3.8, 4) is 0 Å². The molecule has 1 aliphatic carbocycles. The van der Waals surface area contributed by atoms with Crippen LogP contribution in [0, 0.1) is 5.92 Å². The summed E-state index contributed by atoms with van der Waals surface area (Å²) in [6, 6.07) is 0.699. The van der Waals surface area contributed by atoms with Crippen molar-refractivity contribution in [3.63, 3.8) is 0 Å². The van der Waals surface area contributed by atoms with Gasteiger partial charge in [-0.25, -0.2) is 0 Å². The smallest absolute Gasteiger partial charge is 0.308 e. The number of nitrogens with zero attached hydrogens (tertiary/aromatic N) is 2. The van der Waals surface area contributed by atoms with E-state index in [0.717, 1.165) is 25.7 Å². The van der Waals surface area contributed by atoms with Crippen LogP contribution in [0.15, 0.2) is 0 Å². The third kappa shape index (κ3) is 3.93. The Kier molecular flexibility index (Phi) is 5.64. The van der Waals surface area contributed by atoms with E-state index in [2.05, 4.69) is 16.7 Å². The van der Waals surface area contributed by atoms with E-state index < -0.39 is 0 Å². The van der Waals surface area contributed by atoms with Crippen molar-refractivity contribution < 1.29 is 9.53 Å². The van der Waals surface area contributed by atoms with Gasteiger partial charge in [0.1, 0.15) is 0 Å². The van der Waals surface area contributed by atoms with Crippen molar-refractivity contribution in [1.82, 2.24) is 9.80 Å². The van der Waals surface area contributed by atoms with E-state index in [1.54, 1.807) is 0 Å². The lowest BCUT2D eigenvalue weighted by molar-refractivity contribution is -0.149. The highest BCUT2D eigenvalue weighted by Gasteiger charge is 2.31. The molecule has 0 aromatic rings. The highest BCUT2D eigenvalue weighted by atomic mass is 16.5. The van der Waals surface area contributed by atoms with E-state index in [9.17, 15) is 4.79 Å². The number of carbonyl (C=O) groups is 1. The van der Waals surface area contributed by atoms with Crippen LogP contribution in [-0.2, 0) is 9.53 Å². The summed E-state index contributed by atoms with van der Waals surface area (Å²) in [4.78, 5) is 16.9. The molecule has 110 valence electrons. The maximum atomic E-state index is 11.7. The summed E-state index contributed by atoms with van der Waals surface area (Å²) in [7, 11) is 0. The van der Waals surface area contributed by atoms with Crippen LogP contribution in [0.25, 0.3) is 0 Å². The first-order valence-corrected chi connectivity index (χ1v) is 7.87. The van der Waals surface area contributed by atoms with Crippen LogP contribution in [0.5, 0.6) is 0 Å². The molecule has 0 spiro atoms. The highest BCUT2D eigenvalue weighted by molar-refractivity contribution is 5.72. The zero-order chi connectivity index (χ0) is 13.7. The molecule has 1 saturated heterocycles. The normalized spacial score (nSPS) is 30.2. The third-order valence-electron chi connectivity index (χ3n) is 4.69. The molecule has 1 saturated carbocycles. The van der Waals surface area contributed by atoms with Crippen molar-refractivity contribution >= 4 is 5.97 Å². The Labute approximate surface area is 117 Å². The van der Waals surface area contributed by atoms with E-state index in [4.69, 9.17) is 4.74 Å². The minimum Gasteiger partial charge on any atom is -0.466 e. The average Bonchev–Trinajstić information content (AvgIpc) is 2.48. The lowest BCUT2D eigenvalue weighted by atomic mass is 9.85. The molecule has 2 rings (SSSR count). The number of esters is 1. The molecule has 4 nitrogen and oxygen atoms in total. The van der Waals surface area contributed by atoms with Crippen LogP contribution in [0.1, 0.15) is 39.5 Å². The SMILES string of the molecule is CCOC(=O)C1CCC(N2CCN(CC)CC2)CC1. The molecular weight excluding hydrogens is 240 g/mol. The van der Waals surface area contributed by atoms with Crippen molar-refractivity contribution in [2.24, 2.45) is 5.92 Å². The number of carbonyl (C=O) groups excluding carboxylic acids is 1. The van der Waals surface area contributed by atoms with Gasteiger partial charge in [0.15, 0.2) is 0 Å². The second kappa shape index (κ2) is 7.25. The Morgan fingerprint density at radius 1 is 1.05 bits per heavy atom. The van der Waals surface area contributed by atoms with Crippen molar-refractivity contribution in [3.05, 3.63) is 0 Å². The molecule has 0 aromatic carbocycles. The average molecular weight is 268 g/mol. The van der Waals surface area contributed by atoms with E-state index in [0.29, 0.717) is 12.6 Å². The van der Waals surface area contributed by atoms with Crippen LogP contribution in [0.3, 0.4) is 0 Å². The first-order valence-electron chi connectivity index (χ1n) is 7.87. The first kappa shape index (κ1) is 14.8. The Morgan fingerprint density at radius 2 is 1.68 bits per heavy atom. The van der Waals surface area contributed by atoms with E-state index >= 15 is 0 Å². The topological polar surface area (TPSA) is 32.8 Å². The second-order valence-corrected chi connectivity index (χ2v) is 5.73. The van der Waals surface area contributed by atoms with Gasteiger partial charge in [-0.1, -0.05) is 6.92 Å². The number of rotatable bonds is 4. The molecule has 19 heavy (non-hydrogen) atoms. The van der Waals surface area contributed by atoms with Gasteiger partial charge in [0.2, 0.25) is 0 Å². The minimum absolute atomic E-state index is 0.0248. The molecule has 1 heterocycles. The van der Waals surface area contributed by atoms with Crippen LogP contribution in [0.4, 0.5) is 0 Å². The van der Waals surface area contributed by atoms with Crippen molar-refractivity contribution in [1.29, 1.82) is 0 Å². The predicted molar refractivity (Wildman–Crippen MR) is 76.1 cm³/mol. The molecule has 0 amide bonds. The van der Waals surface area contributed by atoms with Gasteiger partial charge in [-0.3, -0.25) is 9.69 Å². The van der Waals surface area contributed by atoms with E-state index in [1.807, 2.05) is 6.92 Å². The number of ether oxygens (including phenoxy) is 1. The van der Waals surface area contributed by atoms with Gasteiger partial charge < -0.3 is 9.64 Å². The third-order valence-corrected chi connectivity index (χ3v) is 4.69. The Hall–Kier alpha value is -0.610. The summed E-state index contributed by atoms with van der Waals surface area (Å²) in [5.41, 5.74) is 0. The Morgan fingerprint density at radius 3 is 2.21 bits per heavy atom. The molecule has 0 bridgehead atoms. The maximum Gasteiger partial charge on any atom is 0.308 e. The van der Waals surface area contributed by atoms with Gasteiger partial charge >= 0.3 is 5.97 Å². The molecule has 0 N–H and O–H groups in total. The largest absolute Gasteiger partial charge is 0.466 e. The number of piperazine rings is 1.